The molecule has 0 aliphatic heterocycles. The zero-order valence-corrected chi connectivity index (χ0v) is 18.9. The van der Waals surface area contributed by atoms with Crippen molar-refractivity contribution in [3.8, 4) is 5.75 Å². The monoisotopic (exact) mass is 463 g/mol. The third-order valence-corrected chi connectivity index (χ3v) is 6.74. The summed E-state index contributed by atoms with van der Waals surface area (Å²) in [6.07, 6.45) is 7.57. The van der Waals surface area contributed by atoms with Crippen molar-refractivity contribution >= 4 is 17.9 Å². The molecule has 1 unspecified atom stereocenters. The molecule has 1 atom stereocenters. The van der Waals surface area contributed by atoms with Crippen LogP contribution >= 0.6 is 0 Å². The second-order valence-electron chi connectivity index (χ2n) is 9.40. The van der Waals surface area contributed by atoms with E-state index in [9.17, 15) is 9.90 Å². The van der Waals surface area contributed by atoms with Crippen molar-refractivity contribution in [2.75, 3.05) is 19.8 Å². The highest BCUT2D eigenvalue weighted by Gasteiger charge is 2.50. The number of carbonyl (C=O) groups excluding carboxylic acids is 1. The van der Waals surface area contributed by atoms with Gasteiger partial charge >= 0.3 is 17.9 Å². The van der Waals surface area contributed by atoms with E-state index in [-0.39, 0.29) is 18.1 Å². The molecule has 9 nitrogen and oxygen atoms in total. The van der Waals surface area contributed by atoms with Gasteiger partial charge in [0, 0.05) is 12.1 Å². The lowest BCUT2D eigenvalue weighted by molar-refractivity contribution is -0.159. The van der Waals surface area contributed by atoms with Crippen LogP contribution in [0.15, 0.2) is 24.3 Å². The second-order valence-corrected chi connectivity index (χ2v) is 9.40. The standard InChI is InChI=1S/C22H31NO4.C2H2O4/c1-2-26-21(25)18-3-5-20(6-4-18)27-14-19(24)13-23-22-10-15-7-16(11-22)9-17(8-15)12-22;3-1(4)2(5)6/h3-6,15-17,19,23-24H,2,7-14H2,1H3;(H,3,4)(H,5,6). The Morgan fingerprint density at radius 2 is 1.52 bits per heavy atom. The number of hydrogen-bond donors (Lipinski definition) is 4. The van der Waals surface area contributed by atoms with E-state index in [2.05, 4.69) is 5.32 Å². The molecule has 1 aromatic carbocycles. The van der Waals surface area contributed by atoms with Gasteiger partial charge in [-0.25, -0.2) is 14.4 Å². The zero-order chi connectivity index (χ0) is 24.0. The van der Waals surface area contributed by atoms with Crippen molar-refractivity contribution in [3.05, 3.63) is 29.8 Å². The quantitative estimate of drug-likeness (QED) is 0.337. The first kappa shape index (κ1) is 25.0. The van der Waals surface area contributed by atoms with Crippen molar-refractivity contribution in [1.82, 2.24) is 5.32 Å². The fourth-order valence-electron chi connectivity index (χ4n) is 5.81. The number of aliphatic hydroxyl groups excluding tert-OH is 1. The van der Waals surface area contributed by atoms with Crippen molar-refractivity contribution < 1.29 is 39.2 Å². The number of aliphatic hydroxyl groups is 1. The van der Waals surface area contributed by atoms with Gasteiger partial charge in [0.2, 0.25) is 0 Å². The summed E-state index contributed by atoms with van der Waals surface area (Å²) in [6.45, 7) is 2.97. The Kier molecular flexibility index (Phi) is 8.31. The largest absolute Gasteiger partial charge is 0.491 e. The smallest absolute Gasteiger partial charge is 0.414 e. The van der Waals surface area contributed by atoms with Crippen LogP contribution in [-0.2, 0) is 14.3 Å². The van der Waals surface area contributed by atoms with E-state index < -0.39 is 18.0 Å². The Labute approximate surface area is 193 Å². The van der Waals surface area contributed by atoms with Crippen LogP contribution in [0.1, 0.15) is 55.8 Å². The third kappa shape index (κ3) is 6.91. The molecule has 4 bridgehead atoms. The van der Waals surface area contributed by atoms with Crippen molar-refractivity contribution in [2.24, 2.45) is 17.8 Å². The van der Waals surface area contributed by atoms with Crippen molar-refractivity contribution in [1.29, 1.82) is 0 Å². The highest BCUT2D eigenvalue weighted by molar-refractivity contribution is 6.27. The molecule has 0 heterocycles. The van der Waals surface area contributed by atoms with Crippen LogP contribution < -0.4 is 10.1 Å². The molecule has 0 saturated heterocycles. The first-order valence-corrected chi connectivity index (χ1v) is 11.5. The van der Waals surface area contributed by atoms with Crippen LogP contribution in [0, 0.1) is 17.8 Å². The summed E-state index contributed by atoms with van der Waals surface area (Å²) in [5.41, 5.74) is 0.769. The number of β-amino-alcohol motifs (C(OH)–C–C–N with tert-alkyl or cyclic N) is 1. The van der Waals surface area contributed by atoms with Crippen LogP contribution in [0.5, 0.6) is 5.75 Å². The van der Waals surface area contributed by atoms with Crippen LogP contribution in [0.2, 0.25) is 0 Å². The van der Waals surface area contributed by atoms with Gasteiger partial charge in [-0.3, -0.25) is 0 Å². The Balaban J connectivity index is 0.000000454. The Hall–Kier alpha value is -2.65. The van der Waals surface area contributed by atoms with E-state index in [1.165, 1.54) is 38.5 Å². The van der Waals surface area contributed by atoms with Gasteiger partial charge in [0.05, 0.1) is 12.2 Å². The molecule has 4 fully saturated rings. The Morgan fingerprint density at radius 3 is 1.97 bits per heavy atom. The first-order chi connectivity index (χ1) is 15.7. The number of carboxylic acids is 2. The highest BCUT2D eigenvalue weighted by atomic mass is 16.5. The molecular weight excluding hydrogens is 430 g/mol. The Bertz CT molecular complexity index is 790. The van der Waals surface area contributed by atoms with E-state index in [1.807, 2.05) is 0 Å². The zero-order valence-electron chi connectivity index (χ0n) is 18.9. The predicted molar refractivity (Wildman–Crippen MR) is 118 cm³/mol. The molecule has 1 aromatic rings. The molecule has 0 aromatic heterocycles. The summed E-state index contributed by atoms with van der Waals surface area (Å²) >= 11 is 0. The van der Waals surface area contributed by atoms with Gasteiger partial charge in [0.15, 0.2) is 0 Å². The number of hydrogen-bond acceptors (Lipinski definition) is 7. The van der Waals surface area contributed by atoms with Gasteiger partial charge in [-0.05, 0) is 87.5 Å². The molecule has 4 N–H and O–H groups in total. The average molecular weight is 464 g/mol. The molecule has 4 aliphatic rings. The van der Waals surface area contributed by atoms with Gasteiger partial charge in [0.1, 0.15) is 18.5 Å². The molecule has 0 spiro atoms. The molecular formula is C24H33NO8. The second kappa shape index (κ2) is 11.0. The number of ether oxygens (including phenoxy) is 2. The van der Waals surface area contributed by atoms with Crippen LogP contribution in [-0.4, -0.2) is 64.6 Å². The maximum absolute atomic E-state index is 11.7. The third-order valence-electron chi connectivity index (χ3n) is 6.74. The molecule has 4 saturated carbocycles. The number of rotatable bonds is 8. The van der Waals surface area contributed by atoms with E-state index in [0.717, 1.165) is 17.8 Å². The number of nitrogens with one attached hydrogen (secondary N) is 1. The van der Waals surface area contributed by atoms with E-state index in [0.29, 0.717) is 24.5 Å². The van der Waals surface area contributed by atoms with Gasteiger partial charge in [-0.2, -0.15) is 0 Å². The van der Waals surface area contributed by atoms with Gasteiger partial charge in [0.25, 0.3) is 0 Å². The number of esters is 1. The fraction of sp³-hybridized carbons (Fsp3) is 0.625. The highest BCUT2D eigenvalue weighted by Crippen LogP contribution is 2.55. The lowest BCUT2D eigenvalue weighted by atomic mass is 9.53. The average Bonchev–Trinajstić information content (AvgIpc) is 2.76. The first-order valence-electron chi connectivity index (χ1n) is 11.5. The summed E-state index contributed by atoms with van der Waals surface area (Å²) in [6, 6.07) is 6.86. The molecule has 4 aliphatic carbocycles. The topological polar surface area (TPSA) is 142 Å². The van der Waals surface area contributed by atoms with Crippen LogP contribution in [0.25, 0.3) is 0 Å². The number of benzene rings is 1. The number of aliphatic carboxylic acids is 2. The maximum Gasteiger partial charge on any atom is 0.414 e. The summed E-state index contributed by atoms with van der Waals surface area (Å²) in [4.78, 5) is 29.9. The predicted octanol–water partition coefficient (Wildman–Crippen LogP) is 2.32. The van der Waals surface area contributed by atoms with Crippen LogP contribution in [0.4, 0.5) is 0 Å². The van der Waals surface area contributed by atoms with Crippen LogP contribution in [0.3, 0.4) is 0 Å². The van der Waals surface area contributed by atoms with Crippen molar-refractivity contribution in [2.45, 2.75) is 57.1 Å². The molecule has 33 heavy (non-hydrogen) atoms. The number of carbonyl (C=O) groups is 3. The molecule has 0 amide bonds. The lowest BCUT2D eigenvalue weighted by Crippen LogP contribution is -2.59. The van der Waals surface area contributed by atoms with E-state index >= 15 is 0 Å². The Morgan fingerprint density at radius 1 is 1.00 bits per heavy atom. The molecule has 0 radical (unpaired) electrons. The summed E-state index contributed by atoms with van der Waals surface area (Å²) < 4.78 is 10.7. The van der Waals surface area contributed by atoms with Crippen molar-refractivity contribution in [3.63, 3.8) is 0 Å². The molecule has 182 valence electrons. The van der Waals surface area contributed by atoms with Gasteiger partial charge in [-0.1, -0.05) is 0 Å². The SMILES string of the molecule is CCOC(=O)c1ccc(OCC(O)CNC23CC4CC(CC(C4)C2)C3)cc1.O=C(O)C(=O)O. The fourth-order valence-corrected chi connectivity index (χ4v) is 5.81. The molecule has 9 heteroatoms. The lowest BCUT2D eigenvalue weighted by Gasteiger charge is -2.57. The minimum Gasteiger partial charge on any atom is -0.491 e. The number of carboxylic acid groups (broad SMARTS) is 2. The summed E-state index contributed by atoms with van der Waals surface area (Å²) in [5.74, 6) is -0.633. The minimum absolute atomic E-state index is 0.248. The molecule has 5 rings (SSSR count). The summed E-state index contributed by atoms with van der Waals surface area (Å²) in [7, 11) is 0. The van der Waals surface area contributed by atoms with E-state index in [1.54, 1.807) is 31.2 Å². The summed E-state index contributed by atoms with van der Waals surface area (Å²) in [5, 5.41) is 28.9. The van der Waals surface area contributed by atoms with E-state index in [4.69, 9.17) is 29.3 Å². The maximum atomic E-state index is 11.7. The normalized spacial score (nSPS) is 27.8. The van der Waals surface area contributed by atoms with Gasteiger partial charge in [-0.15, -0.1) is 0 Å². The van der Waals surface area contributed by atoms with Gasteiger partial charge < -0.3 is 30.1 Å². The minimum atomic E-state index is -1.82.